The molecule has 0 saturated carbocycles. The molecule has 0 aliphatic heterocycles. The zero-order chi connectivity index (χ0) is 16.9. The Bertz CT molecular complexity index is 642. The summed E-state index contributed by atoms with van der Waals surface area (Å²) in [4.78, 5) is 11.8. The van der Waals surface area contributed by atoms with Gasteiger partial charge in [0.25, 0.3) is 0 Å². The standard InChI is InChI=1S/C17H23N3O3/c1-17(2,3)14-11-15(20-23-14)19-16(21)18-10-9-12-5-7-13(22-4)8-6-12/h5-8,11H,9-10H2,1-4H3,(H2,18,19,20,21). The molecule has 0 aliphatic carbocycles. The van der Waals surface area contributed by atoms with Gasteiger partial charge < -0.3 is 14.6 Å². The van der Waals surface area contributed by atoms with Crippen molar-refractivity contribution in [3.05, 3.63) is 41.7 Å². The molecule has 0 fully saturated rings. The van der Waals surface area contributed by atoms with Crippen molar-refractivity contribution in [2.24, 2.45) is 0 Å². The van der Waals surface area contributed by atoms with Crippen molar-refractivity contribution >= 4 is 11.8 Å². The zero-order valence-electron chi connectivity index (χ0n) is 14.0. The highest BCUT2D eigenvalue weighted by atomic mass is 16.5. The van der Waals surface area contributed by atoms with Gasteiger partial charge in [0.05, 0.1) is 7.11 Å². The van der Waals surface area contributed by atoms with E-state index in [9.17, 15) is 4.79 Å². The van der Waals surface area contributed by atoms with E-state index < -0.39 is 0 Å². The largest absolute Gasteiger partial charge is 0.497 e. The van der Waals surface area contributed by atoms with Crippen LogP contribution < -0.4 is 15.4 Å². The lowest BCUT2D eigenvalue weighted by molar-refractivity contribution is 0.252. The van der Waals surface area contributed by atoms with Gasteiger partial charge in [-0.15, -0.1) is 0 Å². The number of methoxy groups -OCH3 is 1. The quantitative estimate of drug-likeness (QED) is 0.886. The maximum Gasteiger partial charge on any atom is 0.320 e. The Hall–Kier alpha value is -2.50. The summed E-state index contributed by atoms with van der Waals surface area (Å²) >= 11 is 0. The lowest BCUT2D eigenvalue weighted by Crippen LogP contribution is -2.30. The number of carbonyl (C=O) groups is 1. The number of benzene rings is 1. The second-order valence-corrected chi connectivity index (χ2v) is 6.31. The van der Waals surface area contributed by atoms with E-state index in [4.69, 9.17) is 9.26 Å². The second kappa shape index (κ2) is 7.17. The van der Waals surface area contributed by atoms with Crippen molar-refractivity contribution in [2.75, 3.05) is 19.0 Å². The molecular formula is C17H23N3O3. The maximum absolute atomic E-state index is 11.8. The molecule has 2 amide bonds. The number of ether oxygens (including phenoxy) is 1. The molecule has 124 valence electrons. The van der Waals surface area contributed by atoms with E-state index in [1.807, 2.05) is 45.0 Å². The number of hydrogen-bond acceptors (Lipinski definition) is 4. The molecule has 2 rings (SSSR count). The highest BCUT2D eigenvalue weighted by molar-refractivity contribution is 5.88. The molecule has 0 aliphatic rings. The molecule has 23 heavy (non-hydrogen) atoms. The van der Waals surface area contributed by atoms with Gasteiger partial charge in [-0.2, -0.15) is 0 Å². The summed E-state index contributed by atoms with van der Waals surface area (Å²) in [5.41, 5.74) is 0.986. The third-order valence-corrected chi connectivity index (χ3v) is 3.35. The van der Waals surface area contributed by atoms with Gasteiger partial charge in [0.15, 0.2) is 5.82 Å². The van der Waals surface area contributed by atoms with Crippen LogP contribution in [0.25, 0.3) is 0 Å². The van der Waals surface area contributed by atoms with Crippen LogP contribution in [0.1, 0.15) is 32.1 Å². The predicted molar refractivity (Wildman–Crippen MR) is 88.9 cm³/mol. The van der Waals surface area contributed by atoms with E-state index in [0.717, 1.165) is 23.5 Å². The molecule has 0 atom stereocenters. The number of amides is 2. The van der Waals surface area contributed by atoms with Crippen molar-refractivity contribution in [2.45, 2.75) is 32.6 Å². The van der Waals surface area contributed by atoms with Crippen LogP contribution in [-0.4, -0.2) is 24.8 Å². The monoisotopic (exact) mass is 317 g/mol. The summed E-state index contributed by atoms with van der Waals surface area (Å²) in [6.45, 7) is 6.59. The molecule has 0 unspecified atom stereocenters. The Kier molecular flexibility index (Phi) is 5.26. The molecule has 0 radical (unpaired) electrons. The minimum atomic E-state index is -0.299. The Morgan fingerprint density at radius 3 is 2.52 bits per heavy atom. The minimum absolute atomic E-state index is 0.141. The molecule has 0 saturated heterocycles. The normalized spacial score (nSPS) is 11.1. The lowest BCUT2D eigenvalue weighted by atomic mass is 9.93. The fourth-order valence-corrected chi connectivity index (χ4v) is 1.96. The number of carbonyl (C=O) groups excluding carboxylic acids is 1. The summed E-state index contributed by atoms with van der Waals surface area (Å²) in [6.07, 6.45) is 0.740. The van der Waals surface area contributed by atoms with E-state index in [2.05, 4.69) is 15.8 Å². The number of rotatable bonds is 5. The fraction of sp³-hybridized carbons (Fsp3) is 0.412. The Labute approximate surface area is 136 Å². The first kappa shape index (κ1) is 16.9. The molecule has 0 spiro atoms. The van der Waals surface area contributed by atoms with E-state index >= 15 is 0 Å². The number of nitrogens with one attached hydrogen (secondary N) is 2. The second-order valence-electron chi connectivity index (χ2n) is 6.31. The van der Waals surface area contributed by atoms with Crippen LogP contribution in [0, 0.1) is 0 Å². The fourth-order valence-electron chi connectivity index (χ4n) is 1.96. The SMILES string of the molecule is COc1ccc(CCNC(=O)Nc2cc(C(C)(C)C)on2)cc1. The van der Waals surface area contributed by atoms with Crippen molar-refractivity contribution in [3.63, 3.8) is 0 Å². The topological polar surface area (TPSA) is 76.4 Å². The first-order valence-electron chi connectivity index (χ1n) is 7.53. The first-order chi connectivity index (χ1) is 10.9. The molecule has 1 heterocycles. The Balaban J connectivity index is 1.77. The highest BCUT2D eigenvalue weighted by Gasteiger charge is 2.20. The van der Waals surface area contributed by atoms with Gasteiger partial charge in [-0.1, -0.05) is 38.1 Å². The molecule has 2 N–H and O–H groups in total. The van der Waals surface area contributed by atoms with Crippen LogP contribution in [0.15, 0.2) is 34.9 Å². The summed E-state index contributed by atoms with van der Waals surface area (Å²) < 4.78 is 10.3. The average molecular weight is 317 g/mol. The predicted octanol–water partition coefficient (Wildman–Crippen LogP) is 3.34. The van der Waals surface area contributed by atoms with Gasteiger partial charge in [-0.3, -0.25) is 5.32 Å². The van der Waals surface area contributed by atoms with E-state index in [0.29, 0.717) is 12.4 Å². The number of urea groups is 1. The van der Waals surface area contributed by atoms with Crippen LogP contribution in [-0.2, 0) is 11.8 Å². The van der Waals surface area contributed by atoms with Crippen molar-refractivity contribution in [3.8, 4) is 5.75 Å². The molecule has 6 nitrogen and oxygen atoms in total. The zero-order valence-corrected chi connectivity index (χ0v) is 14.0. The van der Waals surface area contributed by atoms with Gasteiger partial charge in [0, 0.05) is 18.0 Å². The molecule has 0 bridgehead atoms. The molecule has 2 aromatic rings. The van der Waals surface area contributed by atoms with Crippen LogP contribution in [0.2, 0.25) is 0 Å². The van der Waals surface area contributed by atoms with E-state index in [-0.39, 0.29) is 11.4 Å². The lowest BCUT2D eigenvalue weighted by Gasteiger charge is -2.12. The Morgan fingerprint density at radius 1 is 1.26 bits per heavy atom. The average Bonchev–Trinajstić information content (AvgIpc) is 2.96. The van der Waals surface area contributed by atoms with Crippen molar-refractivity contribution in [1.82, 2.24) is 10.5 Å². The van der Waals surface area contributed by atoms with Crippen LogP contribution >= 0.6 is 0 Å². The van der Waals surface area contributed by atoms with Gasteiger partial charge >= 0.3 is 6.03 Å². The van der Waals surface area contributed by atoms with E-state index in [1.54, 1.807) is 13.2 Å². The van der Waals surface area contributed by atoms with Crippen molar-refractivity contribution < 1.29 is 14.1 Å². The Morgan fingerprint density at radius 2 is 1.96 bits per heavy atom. The van der Waals surface area contributed by atoms with Crippen LogP contribution in [0.5, 0.6) is 5.75 Å². The van der Waals surface area contributed by atoms with Crippen molar-refractivity contribution in [1.29, 1.82) is 0 Å². The summed E-state index contributed by atoms with van der Waals surface area (Å²) in [6, 6.07) is 9.20. The molecular weight excluding hydrogens is 294 g/mol. The van der Waals surface area contributed by atoms with Crippen LogP contribution in [0.3, 0.4) is 0 Å². The smallest absolute Gasteiger partial charge is 0.320 e. The summed E-state index contributed by atoms with van der Waals surface area (Å²) in [5.74, 6) is 1.96. The number of aromatic nitrogens is 1. The third-order valence-electron chi connectivity index (χ3n) is 3.35. The van der Waals surface area contributed by atoms with Gasteiger partial charge in [0.1, 0.15) is 11.5 Å². The third kappa shape index (κ3) is 5.02. The number of anilines is 1. The molecule has 6 heteroatoms. The number of hydrogen-bond donors (Lipinski definition) is 2. The van der Waals surface area contributed by atoms with Gasteiger partial charge in [0.2, 0.25) is 0 Å². The van der Waals surface area contributed by atoms with Gasteiger partial charge in [-0.25, -0.2) is 4.79 Å². The van der Waals surface area contributed by atoms with Crippen LogP contribution in [0.4, 0.5) is 10.6 Å². The molecule has 1 aromatic heterocycles. The summed E-state index contributed by atoms with van der Waals surface area (Å²) in [5, 5.41) is 9.30. The molecule has 1 aromatic carbocycles. The number of nitrogens with zero attached hydrogens (tertiary/aromatic N) is 1. The minimum Gasteiger partial charge on any atom is -0.497 e. The van der Waals surface area contributed by atoms with E-state index in [1.165, 1.54) is 0 Å². The van der Waals surface area contributed by atoms with Gasteiger partial charge in [-0.05, 0) is 24.1 Å². The highest BCUT2D eigenvalue weighted by Crippen LogP contribution is 2.24. The maximum atomic E-state index is 11.8. The first-order valence-corrected chi connectivity index (χ1v) is 7.53. The summed E-state index contributed by atoms with van der Waals surface area (Å²) in [7, 11) is 1.63.